The fourth-order valence-corrected chi connectivity index (χ4v) is 9.45. The summed E-state index contributed by atoms with van der Waals surface area (Å²) in [7, 11) is 5.88. The number of amides is 2. The van der Waals surface area contributed by atoms with Crippen LogP contribution in [0.1, 0.15) is 61.8 Å². The zero-order valence-corrected chi connectivity index (χ0v) is 41.0. The molecule has 18 nitrogen and oxygen atoms in total. The van der Waals surface area contributed by atoms with Crippen molar-refractivity contribution in [3.63, 3.8) is 0 Å². The Labute approximate surface area is 404 Å². The predicted molar refractivity (Wildman–Crippen MR) is 253 cm³/mol. The second-order valence-corrected chi connectivity index (χ2v) is 17.5. The van der Waals surface area contributed by atoms with Crippen molar-refractivity contribution in [2.45, 2.75) is 76.7 Å². The maximum Gasteiger partial charge on any atom is 0.414 e. The highest BCUT2D eigenvalue weighted by molar-refractivity contribution is 7.08. The summed E-state index contributed by atoms with van der Waals surface area (Å²) >= 11 is 3.39. The van der Waals surface area contributed by atoms with Crippen LogP contribution < -0.4 is 9.47 Å². The fraction of sp³-hybridized carbons (Fsp3) is 0.458. The molecule has 4 aromatic rings. The number of carboxylic acid groups (broad SMARTS) is 2. The first-order valence-electron chi connectivity index (χ1n) is 21.9. The number of carbonyl (C=O) groups excluding carboxylic acids is 4. The van der Waals surface area contributed by atoms with Gasteiger partial charge in [-0.05, 0) is 95.4 Å². The molecule has 0 saturated carbocycles. The summed E-state index contributed by atoms with van der Waals surface area (Å²) in [6, 6.07) is 19.2. The third kappa shape index (κ3) is 15.1. The first-order valence-corrected chi connectivity index (χ1v) is 23.7. The summed E-state index contributed by atoms with van der Waals surface area (Å²) in [5, 5.41) is 25.7. The Kier molecular flexibility index (Phi) is 21.9. The van der Waals surface area contributed by atoms with E-state index in [1.165, 1.54) is 49.3 Å². The van der Waals surface area contributed by atoms with Gasteiger partial charge < -0.3 is 39.0 Å². The van der Waals surface area contributed by atoms with Crippen LogP contribution in [0.25, 0.3) is 0 Å². The van der Waals surface area contributed by atoms with E-state index in [0.717, 1.165) is 37.1 Å². The van der Waals surface area contributed by atoms with E-state index in [1.54, 1.807) is 36.9 Å². The molecule has 0 bridgehead atoms. The number of carbonyl (C=O) groups is 6. The van der Waals surface area contributed by atoms with Crippen LogP contribution in [0.4, 0.5) is 0 Å². The van der Waals surface area contributed by atoms with Crippen molar-refractivity contribution in [2.24, 2.45) is 0 Å². The number of hydrogen-bond donors (Lipinski definition) is 2. The number of hydroxylamine groups is 4. The maximum atomic E-state index is 12.9. The van der Waals surface area contributed by atoms with Gasteiger partial charge in [-0.1, -0.05) is 36.4 Å². The SMILES string of the molecule is COC(=O)C1(N(OCc2ccccc2OC)C(C)=O)CCN(CCc2ccsc2)CC1.COC(=O)C1(N(OCc2ccccc2OC)C(C)=O)CCN(CCc2ccsc2)CC1.O=C(O)C(=O)O. The lowest BCUT2D eigenvalue weighted by Crippen LogP contribution is -2.61. The summed E-state index contributed by atoms with van der Waals surface area (Å²) in [6.07, 6.45) is 3.75. The van der Waals surface area contributed by atoms with Gasteiger partial charge in [0, 0.05) is 64.2 Å². The molecule has 6 rings (SSSR count). The van der Waals surface area contributed by atoms with Gasteiger partial charge in [0.1, 0.15) is 24.7 Å². The number of rotatable bonds is 18. The number of thiophene rings is 2. The van der Waals surface area contributed by atoms with Gasteiger partial charge in [0.2, 0.25) is 11.8 Å². The molecule has 370 valence electrons. The van der Waals surface area contributed by atoms with Gasteiger partial charge in [-0.15, -0.1) is 0 Å². The van der Waals surface area contributed by atoms with Crippen molar-refractivity contribution < 1.29 is 67.6 Å². The van der Waals surface area contributed by atoms with Crippen LogP contribution in [-0.2, 0) is 74.0 Å². The molecule has 0 radical (unpaired) electrons. The van der Waals surface area contributed by atoms with E-state index in [-0.39, 0.29) is 25.0 Å². The average Bonchev–Trinajstić information content (AvgIpc) is 4.09. The van der Waals surface area contributed by atoms with E-state index in [9.17, 15) is 19.2 Å². The Bertz CT molecular complexity index is 2070. The Morgan fingerprint density at radius 3 is 1.21 bits per heavy atom. The van der Waals surface area contributed by atoms with E-state index in [2.05, 4.69) is 43.5 Å². The van der Waals surface area contributed by atoms with Gasteiger partial charge in [-0.25, -0.2) is 29.3 Å². The van der Waals surface area contributed by atoms with Gasteiger partial charge >= 0.3 is 23.9 Å². The molecule has 2 fully saturated rings. The third-order valence-corrected chi connectivity index (χ3v) is 13.2. The number of nitrogens with zero attached hydrogens (tertiary/aromatic N) is 4. The second kappa shape index (κ2) is 27.2. The second-order valence-electron chi connectivity index (χ2n) is 15.9. The Hall–Kier alpha value is -5.90. The average molecular weight is 983 g/mol. The van der Waals surface area contributed by atoms with Gasteiger partial charge in [0.05, 0.1) is 28.4 Å². The minimum absolute atomic E-state index is 0.115. The lowest BCUT2D eigenvalue weighted by molar-refractivity contribution is -0.240. The standard InChI is InChI=1S/2C23H30N2O5S.C2H2O4/c2*1-18(26)25(30-16-20-6-4-5-7-21(20)28-2)23(22(27)29-3)10-13-24(14-11-23)12-8-19-9-15-31-17-19;3-1(4)2(5)6/h2*4-7,9,15,17H,8,10-14,16H2,1-3H3;(H,3,4)(H,5,6). The van der Waals surface area contributed by atoms with Crippen LogP contribution in [0.3, 0.4) is 0 Å². The highest BCUT2D eigenvalue weighted by Crippen LogP contribution is 2.34. The number of methoxy groups -OCH3 is 4. The van der Waals surface area contributed by atoms with Crippen molar-refractivity contribution in [2.75, 3.05) is 67.7 Å². The van der Waals surface area contributed by atoms with E-state index in [1.807, 2.05) is 48.5 Å². The van der Waals surface area contributed by atoms with Crippen molar-refractivity contribution in [1.29, 1.82) is 0 Å². The molecule has 0 spiro atoms. The summed E-state index contributed by atoms with van der Waals surface area (Å²) in [5.41, 5.74) is 1.96. The van der Waals surface area contributed by atoms with E-state index in [0.29, 0.717) is 63.4 Å². The zero-order valence-electron chi connectivity index (χ0n) is 39.4. The number of hydrogen-bond acceptors (Lipinski definition) is 16. The Balaban J connectivity index is 0.000000265. The number of esters is 2. The highest BCUT2D eigenvalue weighted by atomic mass is 32.1. The Morgan fingerprint density at radius 2 is 0.926 bits per heavy atom. The molecule has 20 heteroatoms. The van der Waals surface area contributed by atoms with E-state index in [4.69, 9.17) is 48.4 Å². The van der Waals surface area contributed by atoms with Gasteiger partial charge in [0.15, 0.2) is 11.1 Å². The van der Waals surface area contributed by atoms with Crippen LogP contribution in [-0.4, -0.2) is 145 Å². The third-order valence-electron chi connectivity index (χ3n) is 11.7. The molecular weight excluding hydrogens is 921 g/mol. The van der Waals surface area contributed by atoms with E-state index < -0.39 is 35.0 Å². The minimum atomic E-state index is -1.82. The zero-order chi connectivity index (χ0) is 49.7. The van der Waals surface area contributed by atoms with Crippen LogP contribution >= 0.6 is 22.7 Å². The van der Waals surface area contributed by atoms with Crippen LogP contribution in [0.5, 0.6) is 11.5 Å². The van der Waals surface area contributed by atoms with Crippen molar-refractivity contribution in [3.8, 4) is 11.5 Å². The molecule has 2 N–H and O–H groups in total. The molecule has 0 aliphatic carbocycles. The number of carboxylic acids is 2. The fourth-order valence-electron chi connectivity index (χ4n) is 8.04. The number of piperidine rings is 2. The topological polar surface area (TPSA) is 211 Å². The lowest BCUT2D eigenvalue weighted by atomic mass is 9.86. The molecule has 2 aliphatic rings. The normalized spacial score (nSPS) is 15.2. The molecule has 2 aromatic heterocycles. The maximum absolute atomic E-state index is 12.9. The van der Waals surface area contributed by atoms with Crippen molar-refractivity contribution >= 4 is 58.4 Å². The number of benzene rings is 2. The van der Waals surface area contributed by atoms with Crippen LogP contribution in [0.2, 0.25) is 0 Å². The van der Waals surface area contributed by atoms with E-state index >= 15 is 0 Å². The summed E-state index contributed by atoms with van der Waals surface area (Å²) < 4.78 is 21.0. The Morgan fingerprint density at radius 1 is 0.574 bits per heavy atom. The van der Waals surface area contributed by atoms with Crippen molar-refractivity contribution in [1.82, 2.24) is 19.9 Å². The highest BCUT2D eigenvalue weighted by Gasteiger charge is 2.51. The lowest BCUT2D eigenvalue weighted by Gasteiger charge is -2.45. The summed E-state index contributed by atoms with van der Waals surface area (Å²) in [5.74, 6) is -3.85. The molecule has 2 aromatic carbocycles. The molecule has 0 atom stereocenters. The monoisotopic (exact) mass is 982 g/mol. The molecular formula is C48H62N4O14S2. The number of aliphatic carboxylic acids is 2. The first-order chi connectivity index (χ1) is 32.6. The quantitative estimate of drug-likeness (QED) is 0.0693. The predicted octanol–water partition coefficient (Wildman–Crippen LogP) is 5.73. The van der Waals surface area contributed by atoms with Crippen LogP contribution in [0.15, 0.2) is 82.2 Å². The van der Waals surface area contributed by atoms with Crippen molar-refractivity contribution in [3.05, 3.63) is 104 Å². The number of ether oxygens (including phenoxy) is 4. The van der Waals surface area contributed by atoms with Gasteiger partial charge in [-0.3, -0.25) is 19.3 Å². The molecule has 0 unspecified atom stereocenters. The molecule has 2 amide bonds. The largest absolute Gasteiger partial charge is 0.496 e. The molecule has 2 saturated heterocycles. The first kappa shape index (κ1) is 54.7. The number of para-hydroxylation sites is 2. The molecule has 4 heterocycles. The minimum Gasteiger partial charge on any atom is -0.496 e. The smallest absolute Gasteiger partial charge is 0.414 e. The van der Waals surface area contributed by atoms with Gasteiger partial charge in [-0.2, -0.15) is 22.7 Å². The summed E-state index contributed by atoms with van der Waals surface area (Å²) in [4.78, 5) is 85.6. The van der Waals surface area contributed by atoms with Crippen LogP contribution in [0, 0.1) is 0 Å². The van der Waals surface area contributed by atoms with Gasteiger partial charge in [0.25, 0.3) is 0 Å². The molecule has 68 heavy (non-hydrogen) atoms. The molecule has 2 aliphatic heterocycles. The summed E-state index contributed by atoms with van der Waals surface area (Å²) in [6.45, 7) is 7.61. The number of likely N-dealkylation sites (tertiary alicyclic amines) is 2.